The molecule has 0 aliphatic rings. The van der Waals surface area contributed by atoms with E-state index in [-0.39, 0.29) is 5.56 Å². The van der Waals surface area contributed by atoms with Gasteiger partial charge in [-0.15, -0.1) is 0 Å². The highest BCUT2D eigenvalue weighted by Crippen LogP contribution is 2.17. The van der Waals surface area contributed by atoms with E-state index in [0.29, 0.717) is 0 Å². The lowest BCUT2D eigenvalue weighted by Crippen LogP contribution is -2.55. The Labute approximate surface area is 184 Å². The van der Waals surface area contributed by atoms with Crippen molar-refractivity contribution < 1.29 is 46.7 Å². The number of carbonyl (C=O) groups excluding carboxylic acids is 6. The Kier molecular flexibility index (Phi) is 9.44. The summed E-state index contributed by atoms with van der Waals surface area (Å²) in [5, 5.41) is 6.45. The summed E-state index contributed by atoms with van der Waals surface area (Å²) in [6.45, 7) is 2.47. The predicted octanol–water partition coefficient (Wildman–Crippen LogP) is -1.30. The van der Waals surface area contributed by atoms with Gasteiger partial charge in [-0.1, -0.05) is 0 Å². The number of esters is 2. The number of alkyl halides is 3. The number of amides is 4. The minimum Gasteiger partial charge on any atom is -0.385 e. The molecule has 0 aromatic carbocycles. The molecule has 0 radical (unpaired) electrons. The summed E-state index contributed by atoms with van der Waals surface area (Å²) in [5.41, 5.74) is 5.11. The molecule has 0 unspecified atom stereocenters. The van der Waals surface area contributed by atoms with Crippen LogP contribution in [0.4, 0.5) is 13.2 Å². The topological polar surface area (TPSA) is 187 Å². The lowest BCUT2D eigenvalue weighted by molar-refractivity contribution is -0.202. The number of primary amides is 1. The van der Waals surface area contributed by atoms with E-state index in [1.54, 1.807) is 0 Å². The van der Waals surface area contributed by atoms with Crippen molar-refractivity contribution in [3.8, 4) is 0 Å². The van der Waals surface area contributed by atoms with Crippen molar-refractivity contribution in [3.05, 3.63) is 30.1 Å². The van der Waals surface area contributed by atoms with Crippen LogP contribution in [0.25, 0.3) is 0 Å². The van der Waals surface area contributed by atoms with E-state index in [0.717, 1.165) is 6.92 Å². The van der Waals surface area contributed by atoms with Gasteiger partial charge in [-0.25, -0.2) is 9.59 Å². The van der Waals surface area contributed by atoms with Gasteiger partial charge >= 0.3 is 18.1 Å². The normalized spacial score (nSPS) is 13.6. The van der Waals surface area contributed by atoms with Crippen LogP contribution in [0.1, 0.15) is 30.6 Å². The van der Waals surface area contributed by atoms with Crippen molar-refractivity contribution >= 4 is 35.6 Å². The molecule has 0 saturated carbocycles. The molecule has 4 amide bonds. The Bertz CT molecular complexity index is 924. The number of nitrogens with one attached hydrogen (secondary N) is 3. The monoisotopic (exact) mass is 475 g/mol. The first-order valence-corrected chi connectivity index (χ1v) is 9.15. The highest BCUT2D eigenvalue weighted by atomic mass is 19.4. The number of aromatic nitrogens is 1. The van der Waals surface area contributed by atoms with Gasteiger partial charge in [0.05, 0.1) is 6.42 Å². The standard InChI is InChI=1S/C18H20F3N5O7/c1-8(25-15(30)10-3-5-23-6-4-10)13(28)24-9(2)14(29)26-11(7-12(22)27)16(31)33-17(32)18(19,20)21/h3-6,8-9,11H,7H2,1-2H3,(H2,22,27)(H,24,28)(H,25,30)(H,26,29)/t8-,9-,11+/m1/s1. The number of hydrogen-bond donors (Lipinski definition) is 4. The molecule has 33 heavy (non-hydrogen) atoms. The van der Waals surface area contributed by atoms with Gasteiger partial charge in [-0.2, -0.15) is 13.2 Å². The van der Waals surface area contributed by atoms with Crippen molar-refractivity contribution in [1.82, 2.24) is 20.9 Å². The molecule has 3 atom stereocenters. The van der Waals surface area contributed by atoms with Crippen molar-refractivity contribution in [2.45, 2.75) is 44.6 Å². The Morgan fingerprint density at radius 1 is 0.970 bits per heavy atom. The number of pyridine rings is 1. The Balaban J connectivity index is 2.72. The Morgan fingerprint density at radius 3 is 2.00 bits per heavy atom. The molecule has 0 aliphatic carbocycles. The van der Waals surface area contributed by atoms with Gasteiger partial charge in [0, 0.05) is 18.0 Å². The fourth-order valence-electron chi connectivity index (χ4n) is 2.16. The molecule has 0 fully saturated rings. The summed E-state index contributed by atoms with van der Waals surface area (Å²) in [7, 11) is 0. The van der Waals surface area contributed by atoms with Crippen molar-refractivity contribution in [1.29, 1.82) is 0 Å². The fourth-order valence-corrected chi connectivity index (χ4v) is 2.16. The zero-order valence-electron chi connectivity index (χ0n) is 17.3. The summed E-state index contributed by atoms with van der Waals surface area (Å²) in [6, 6.07) is -1.71. The second-order valence-electron chi connectivity index (χ2n) is 6.60. The molecule has 180 valence electrons. The molecule has 5 N–H and O–H groups in total. The lowest BCUT2D eigenvalue weighted by Gasteiger charge is -2.21. The van der Waals surface area contributed by atoms with Crippen LogP contribution >= 0.6 is 0 Å². The zero-order chi connectivity index (χ0) is 25.3. The quantitative estimate of drug-likeness (QED) is 0.250. The highest BCUT2D eigenvalue weighted by molar-refractivity contribution is 5.99. The van der Waals surface area contributed by atoms with E-state index < -0.39 is 66.3 Å². The molecular weight excluding hydrogens is 455 g/mol. The molecule has 1 aromatic heterocycles. The van der Waals surface area contributed by atoms with Crippen LogP contribution in [0, 0.1) is 0 Å². The van der Waals surface area contributed by atoms with E-state index in [9.17, 15) is 41.9 Å². The number of ether oxygens (including phenoxy) is 1. The average Bonchev–Trinajstić information content (AvgIpc) is 2.72. The molecule has 0 aliphatic heterocycles. The second-order valence-corrected chi connectivity index (χ2v) is 6.60. The van der Waals surface area contributed by atoms with Gasteiger partial charge in [-0.05, 0) is 26.0 Å². The summed E-state index contributed by atoms with van der Waals surface area (Å²) >= 11 is 0. The van der Waals surface area contributed by atoms with Crippen LogP contribution in [0.5, 0.6) is 0 Å². The van der Waals surface area contributed by atoms with E-state index in [4.69, 9.17) is 5.73 Å². The number of nitrogens with zero attached hydrogens (tertiary/aromatic N) is 1. The van der Waals surface area contributed by atoms with Crippen LogP contribution in [0.2, 0.25) is 0 Å². The number of hydrogen-bond acceptors (Lipinski definition) is 8. The van der Waals surface area contributed by atoms with E-state index in [1.807, 2.05) is 5.32 Å². The first kappa shape index (κ1) is 27.0. The minimum atomic E-state index is -5.49. The number of nitrogens with two attached hydrogens (primary N) is 1. The van der Waals surface area contributed by atoms with Gasteiger partial charge in [0.1, 0.15) is 18.1 Å². The summed E-state index contributed by atoms with van der Waals surface area (Å²) in [5.74, 6) is -8.45. The maximum Gasteiger partial charge on any atom is 0.491 e. The molecule has 1 aromatic rings. The summed E-state index contributed by atoms with van der Waals surface area (Å²) in [4.78, 5) is 73.9. The third kappa shape index (κ3) is 8.92. The van der Waals surface area contributed by atoms with Gasteiger partial charge in [0.2, 0.25) is 17.7 Å². The van der Waals surface area contributed by atoms with Crippen molar-refractivity contribution in [3.63, 3.8) is 0 Å². The van der Waals surface area contributed by atoms with Gasteiger partial charge in [-0.3, -0.25) is 24.2 Å². The van der Waals surface area contributed by atoms with Crippen molar-refractivity contribution in [2.75, 3.05) is 0 Å². The Hall–Kier alpha value is -4.04. The third-order valence-electron chi connectivity index (χ3n) is 3.87. The molecule has 0 spiro atoms. The molecular formula is C18H20F3N5O7. The molecule has 1 rings (SSSR count). The molecule has 15 heteroatoms. The van der Waals surface area contributed by atoms with E-state index in [1.165, 1.54) is 31.5 Å². The average molecular weight is 475 g/mol. The maximum absolute atomic E-state index is 12.3. The van der Waals surface area contributed by atoms with Crippen molar-refractivity contribution in [2.24, 2.45) is 5.73 Å². The third-order valence-corrected chi connectivity index (χ3v) is 3.87. The van der Waals surface area contributed by atoms with Crippen LogP contribution in [0.3, 0.4) is 0 Å². The van der Waals surface area contributed by atoms with Gasteiger partial charge in [0.15, 0.2) is 0 Å². The van der Waals surface area contributed by atoms with Gasteiger partial charge in [0.25, 0.3) is 5.91 Å². The van der Waals surface area contributed by atoms with Crippen LogP contribution in [-0.2, 0) is 28.7 Å². The maximum atomic E-state index is 12.3. The largest absolute Gasteiger partial charge is 0.491 e. The first-order chi connectivity index (χ1) is 15.2. The molecule has 1 heterocycles. The summed E-state index contributed by atoms with van der Waals surface area (Å²) in [6.07, 6.45) is -3.74. The predicted molar refractivity (Wildman–Crippen MR) is 102 cm³/mol. The van der Waals surface area contributed by atoms with Crippen LogP contribution in [0.15, 0.2) is 24.5 Å². The summed E-state index contributed by atoms with van der Waals surface area (Å²) < 4.78 is 40.4. The highest BCUT2D eigenvalue weighted by Gasteiger charge is 2.43. The minimum absolute atomic E-state index is 0.219. The number of carbonyl (C=O) groups is 6. The number of halogens is 3. The number of rotatable bonds is 9. The van der Waals surface area contributed by atoms with Gasteiger partial charge < -0.3 is 26.4 Å². The lowest BCUT2D eigenvalue weighted by atomic mass is 10.1. The van der Waals surface area contributed by atoms with Crippen LogP contribution in [-0.4, -0.2) is 64.9 Å². The second kappa shape index (κ2) is 11.5. The fraction of sp³-hybridized carbons (Fsp3) is 0.389. The first-order valence-electron chi connectivity index (χ1n) is 9.15. The molecule has 0 saturated heterocycles. The molecule has 0 bridgehead atoms. The molecule has 12 nitrogen and oxygen atoms in total. The van der Waals surface area contributed by atoms with Crippen LogP contribution < -0.4 is 21.7 Å². The smallest absolute Gasteiger partial charge is 0.385 e. The van der Waals surface area contributed by atoms with E-state index >= 15 is 0 Å². The zero-order valence-corrected chi connectivity index (χ0v) is 17.3. The Morgan fingerprint density at radius 2 is 1.48 bits per heavy atom. The van der Waals surface area contributed by atoms with E-state index in [2.05, 4.69) is 20.4 Å². The SMILES string of the molecule is C[C@@H](NC(=O)c1ccncc1)C(=O)N[C@H](C)C(=O)N[C@@H](CC(N)=O)C(=O)OC(=O)C(F)(F)F.